The first-order valence-corrected chi connectivity index (χ1v) is 9.84. The van der Waals surface area contributed by atoms with Gasteiger partial charge in [0.15, 0.2) is 0 Å². The fourth-order valence-electron chi connectivity index (χ4n) is 7.33. The van der Waals surface area contributed by atoms with Crippen molar-refractivity contribution >= 4 is 0 Å². The normalized spacial score (nSPS) is 50.3. The lowest BCUT2D eigenvalue weighted by molar-refractivity contribution is -0.112. The van der Waals surface area contributed by atoms with E-state index in [9.17, 15) is 8.78 Å². The van der Waals surface area contributed by atoms with Crippen molar-refractivity contribution in [2.75, 3.05) is 0 Å². The number of fused-ring (bicyclic) bond motifs is 5. The van der Waals surface area contributed by atoms with E-state index in [0.717, 1.165) is 48.3 Å². The van der Waals surface area contributed by atoms with Crippen molar-refractivity contribution in [3.05, 3.63) is 0 Å². The summed E-state index contributed by atoms with van der Waals surface area (Å²) in [6.45, 7) is 4.80. The van der Waals surface area contributed by atoms with E-state index in [1.165, 1.54) is 32.1 Å². The molecule has 4 aliphatic carbocycles. The van der Waals surface area contributed by atoms with E-state index < -0.39 is 5.92 Å². The molecule has 0 N–H and O–H groups in total. The topological polar surface area (TPSA) is 0 Å². The van der Waals surface area contributed by atoms with Gasteiger partial charge in [-0.3, -0.25) is 0 Å². The Kier molecular flexibility index (Phi) is 3.81. The van der Waals surface area contributed by atoms with Crippen LogP contribution in [-0.2, 0) is 0 Å². The van der Waals surface area contributed by atoms with Crippen molar-refractivity contribution in [1.82, 2.24) is 0 Å². The Morgan fingerprint density at radius 1 is 0.727 bits per heavy atom. The zero-order valence-electron chi connectivity index (χ0n) is 14.2. The highest BCUT2D eigenvalue weighted by Gasteiger charge is 2.53. The quantitative estimate of drug-likeness (QED) is 0.544. The van der Waals surface area contributed by atoms with Crippen molar-refractivity contribution in [2.45, 2.75) is 77.6 Å². The van der Waals surface area contributed by atoms with E-state index in [-0.39, 0.29) is 12.8 Å². The SMILES string of the molecule is CC(C)C1CC[C@@H]2C1CCC1C3CCC(F)(F)C[C@@H]3CCC12. The van der Waals surface area contributed by atoms with Crippen molar-refractivity contribution in [3.63, 3.8) is 0 Å². The lowest BCUT2D eigenvalue weighted by Crippen LogP contribution is -2.47. The number of rotatable bonds is 1. The minimum absolute atomic E-state index is 0.167. The van der Waals surface area contributed by atoms with Crippen LogP contribution in [0.4, 0.5) is 8.78 Å². The summed E-state index contributed by atoms with van der Waals surface area (Å²) in [6, 6.07) is 0. The Morgan fingerprint density at radius 2 is 1.32 bits per heavy atom. The number of hydrogen-bond acceptors (Lipinski definition) is 0. The van der Waals surface area contributed by atoms with Gasteiger partial charge in [-0.25, -0.2) is 8.78 Å². The molecule has 0 bridgehead atoms. The summed E-state index contributed by atoms with van der Waals surface area (Å²) >= 11 is 0. The molecule has 2 heteroatoms. The molecular weight excluding hydrogens is 278 g/mol. The molecule has 4 aliphatic rings. The van der Waals surface area contributed by atoms with E-state index in [2.05, 4.69) is 13.8 Å². The number of halogens is 2. The first-order valence-electron chi connectivity index (χ1n) is 9.84. The molecule has 22 heavy (non-hydrogen) atoms. The number of hydrogen-bond donors (Lipinski definition) is 0. The summed E-state index contributed by atoms with van der Waals surface area (Å²) in [5, 5.41) is 0. The predicted molar refractivity (Wildman–Crippen MR) is 85.8 cm³/mol. The summed E-state index contributed by atoms with van der Waals surface area (Å²) in [7, 11) is 0. The average molecular weight is 310 g/mol. The Morgan fingerprint density at radius 3 is 2.09 bits per heavy atom. The van der Waals surface area contributed by atoms with Gasteiger partial charge in [0.2, 0.25) is 5.92 Å². The highest BCUT2D eigenvalue weighted by molar-refractivity contribution is 5.02. The first-order chi connectivity index (χ1) is 10.5. The molecule has 0 spiro atoms. The van der Waals surface area contributed by atoms with E-state index in [1.54, 1.807) is 0 Å². The molecule has 4 fully saturated rings. The van der Waals surface area contributed by atoms with Gasteiger partial charge < -0.3 is 0 Å². The summed E-state index contributed by atoms with van der Waals surface area (Å²) in [4.78, 5) is 0. The van der Waals surface area contributed by atoms with Crippen molar-refractivity contribution in [2.24, 2.45) is 47.3 Å². The Labute approximate surface area is 134 Å². The van der Waals surface area contributed by atoms with Crippen LogP contribution in [0.1, 0.15) is 71.6 Å². The molecule has 4 saturated carbocycles. The van der Waals surface area contributed by atoms with Gasteiger partial charge in [0.1, 0.15) is 0 Å². The van der Waals surface area contributed by atoms with Crippen LogP contribution in [0, 0.1) is 47.3 Å². The highest BCUT2D eigenvalue weighted by atomic mass is 19.3. The lowest BCUT2D eigenvalue weighted by atomic mass is 9.53. The highest BCUT2D eigenvalue weighted by Crippen LogP contribution is 2.61. The molecule has 0 aromatic carbocycles. The third-order valence-corrected chi connectivity index (χ3v) is 8.15. The molecular formula is C20H32F2. The van der Waals surface area contributed by atoms with E-state index in [4.69, 9.17) is 0 Å². The predicted octanol–water partition coefficient (Wildman–Crippen LogP) is 6.16. The maximum absolute atomic E-state index is 13.8. The van der Waals surface area contributed by atoms with Gasteiger partial charge in [-0.1, -0.05) is 13.8 Å². The minimum atomic E-state index is -2.36. The molecule has 5 unspecified atom stereocenters. The molecule has 4 rings (SSSR count). The van der Waals surface area contributed by atoms with Gasteiger partial charge in [-0.05, 0) is 92.3 Å². The molecule has 126 valence electrons. The Bertz CT molecular complexity index is 414. The van der Waals surface area contributed by atoms with Crippen molar-refractivity contribution in [1.29, 1.82) is 0 Å². The van der Waals surface area contributed by atoms with Crippen LogP contribution in [0.25, 0.3) is 0 Å². The van der Waals surface area contributed by atoms with Gasteiger partial charge in [0, 0.05) is 12.8 Å². The summed E-state index contributed by atoms with van der Waals surface area (Å²) in [5.74, 6) is 3.97. The minimum Gasteiger partial charge on any atom is -0.207 e. The summed E-state index contributed by atoms with van der Waals surface area (Å²) in [6.07, 6.45) is 9.14. The molecule has 0 aliphatic heterocycles. The Balaban J connectivity index is 1.50. The van der Waals surface area contributed by atoms with E-state index in [0.29, 0.717) is 11.8 Å². The second-order valence-electron chi connectivity index (χ2n) is 9.32. The van der Waals surface area contributed by atoms with E-state index in [1.807, 2.05) is 0 Å². The van der Waals surface area contributed by atoms with Gasteiger partial charge in [-0.2, -0.15) is 0 Å². The first kappa shape index (κ1) is 15.4. The molecule has 0 aromatic heterocycles. The maximum atomic E-state index is 13.8. The van der Waals surface area contributed by atoms with Crippen LogP contribution in [0.3, 0.4) is 0 Å². The third-order valence-electron chi connectivity index (χ3n) is 8.15. The van der Waals surface area contributed by atoms with Gasteiger partial charge in [-0.15, -0.1) is 0 Å². The molecule has 0 radical (unpaired) electrons. The summed E-state index contributed by atoms with van der Waals surface area (Å²) < 4.78 is 27.5. The van der Waals surface area contributed by atoms with E-state index >= 15 is 0 Å². The van der Waals surface area contributed by atoms with Crippen LogP contribution in [0.5, 0.6) is 0 Å². The smallest absolute Gasteiger partial charge is 0.207 e. The number of alkyl halides is 2. The van der Waals surface area contributed by atoms with Gasteiger partial charge in [0.05, 0.1) is 0 Å². The van der Waals surface area contributed by atoms with Gasteiger partial charge >= 0.3 is 0 Å². The zero-order chi connectivity index (χ0) is 15.5. The monoisotopic (exact) mass is 310 g/mol. The van der Waals surface area contributed by atoms with Crippen LogP contribution < -0.4 is 0 Å². The fourth-order valence-corrected chi connectivity index (χ4v) is 7.33. The Hall–Kier alpha value is -0.140. The molecule has 0 heterocycles. The van der Waals surface area contributed by atoms with Gasteiger partial charge in [0.25, 0.3) is 0 Å². The second kappa shape index (κ2) is 5.45. The fraction of sp³-hybridized carbons (Fsp3) is 1.00. The largest absolute Gasteiger partial charge is 0.248 e. The second-order valence-corrected chi connectivity index (χ2v) is 9.32. The molecule has 0 nitrogen and oxygen atoms in total. The molecule has 7 atom stereocenters. The van der Waals surface area contributed by atoms with Crippen LogP contribution in [0.2, 0.25) is 0 Å². The van der Waals surface area contributed by atoms with Crippen LogP contribution in [0.15, 0.2) is 0 Å². The molecule has 0 saturated heterocycles. The summed E-state index contributed by atoms with van der Waals surface area (Å²) in [5.41, 5.74) is 0. The zero-order valence-corrected chi connectivity index (χ0v) is 14.2. The maximum Gasteiger partial charge on any atom is 0.248 e. The van der Waals surface area contributed by atoms with Crippen LogP contribution >= 0.6 is 0 Å². The molecule has 0 amide bonds. The standard InChI is InChI=1S/C20H32F2/c1-12(2)14-5-6-19-16(14)7-8-17-15-9-10-20(21,22)11-13(15)3-4-18(17)19/h12-19H,3-11H2,1-2H3/t13-,14?,15?,16?,17?,18?,19+/m0/s1. The average Bonchev–Trinajstić information content (AvgIpc) is 2.89. The van der Waals surface area contributed by atoms with Crippen LogP contribution in [-0.4, -0.2) is 5.92 Å². The van der Waals surface area contributed by atoms with Crippen molar-refractivity contribution in [3.8, 4) is 0 Å². The molecule has 0 aromatic rings. The third kappa shape index (κ3) is 2.44. The van der Waals surface area contributed by atoms with Crippen molar-refractivity contribution < 1.29 is 8.78 Å². The lowest BCUT2D eigenvalue weighted by Gasteiger charge is -2.53.